The van der Waals surface area contributed by atoms with Crippen molar-refractivity contribution in [1.82, 2.24) is 0 Å². The fraction of sp³-hybridized carbons (Fsp3) is 0.958. The van der Waals surface area contributed by atoms with Crippen LogP contribution in [0.4, 0.5) is 0 Å². The summed E-state index contributed by atoms with van der Waals surface area (Å²) in [5.41, 5.74) is 0.0788. The lowest BCUT2D eigenvalue weighted by atomic mass is 9.33. The van der Waals surface area contributed by atoms with Gasteiger partial charge in [-0.2, -0.15) is 0 Å². The third-order valence-corrected chi connectivity index (χ3v) is 19.4. The van der Waals surface area contributed by atoms with Gasteiger partial charge in [0, 0.05) is 5.41 Å². The molecule has 11 N–H and O–H groups in total. The standard InChI is InChI=1S/C48H80O17/c1-22-31(52)33(54)37(58)41(61-22)65-39-26(20-60-40-36(57)34(55)32(53)25(19-49)62-40)63-42(38(59)35(39)56)64-30-12-13-45(6)27(44(30,4)5)11-14-46(7)28(45)10-9-23-24-17-43(2,3)15-16-48(24,21-50)29(51)18-47(23,46)8/h9,22,24-42,49-59H,10-21H2,1-8H3/t22-,24+,25+,26+,27+,28+,29-,30-,31-,32+,33+,34-,35+,36+,37+,38+,39+,40+,41-,42-,45-,46+,47+,48+/m0/s1. The van der Waals surface area contributed by atoms with Crippen molar-refractivity contribution >= 4 is 0 Å². The molecule has 4 saturated carbocycles. The number of hydrogen-bond donors (Lipinski definition) is 11. The molecule has 3 saturated heterocycles. The molecule has 0 bridgehead atoms. The summed E-state index contributed by atoms with van der Waals surface area (Å²) < 4.78 is 36.3. The summed E-state index contributed by atoms with van der Waals surface area (Å²) in [5.74, 6) is 0.601. The van der Waals surface area contributed by atoms with Gasteiger partial charge in [-0.15, -0.1) is 0 Å². The van der Waals surface area contributed by atoms with Crippen molar-refractivity contribution in [2.24, 2.45) is 50.2 Å². The monoisotopic (exact) mass is 929 g/mol. The van der Waals surface area contributed by atoms with Crippen molar-refractivity contribution in [1.29, 1.82) is 0 Å². The van der Waals surface area contributed by atoms with E-state index in [1.807, 2.05) is 0 Å². The molecule has 0 aromatic rings. The molecule has 8 rings (SSSR count). The Labute approximate surface area is 383 Å². The van der Waals surface area contributed by atoms with Crippen LogP contribution in [0.5, 0.6) is 0 Å². The van der Waals surface area contributed by atoms with Gasteiger partial charge in [0.2, 0.25) is 0 Å². The molecule has 3 heterocycles. The molecule has 24 atom stereocenters. The van der Waals surface area contributed by atoms with E-state index in [2.05, 4.69) is 54.5 Å². The molecule has 0 spiro atoms. The van der Waals surface area contributed by atoms with Crippen molar-refractivity contribution in [2.45, 2.75) is 218 Å². The van der Waals surface area contributed by atoms with E-state index in [9.17, 15) is 56.2 Å². The van der Waals surface area contributed by atoms with E-state index in [-0.39, 0.29) is 40.1 Å². The Balaban J connectivity index is 1.03. The second kappa shape index (κ2) is 17.7. The molecule has 65 heavy (non-hydrogen) atoms. The van der Waals surface area contributed by atoms with Gasteiger partial charge in [-0.3, -0.25) is 0 Å². The van der Waals surface area contributed by atoms with Gasteiger partial charge in [-0.25, -0.2) is 0 Å². The van der Waals surface area contributed by atoms with E-state index in [0.29, 0.717) is 18.8 Å². The van der Waals surface area contributed by atoms with Crippen molar-refractivity contribution in [3.8, 4) is 0 Å². The number of allylic oxidation sites excluding steroid dienone is 2. The number of aliphatic hydroxyl groups excluding tert-OH is 11. The van der Waals surface area contributed by atoms with Crippen LogP contribution in [0.15, 0.2) is 11.6 Å². The molecule has 3 aliphatic heterocycles. The van der Waals surface area contributed by atoms with E-state index < -0.39 is 128 Å². The first kappa shape index (κ1) is 50.4. The number of rotatable bonds is 9. The lowest BCUT2D eigenvalue weighted by molar-refractivity contribution is -0.373. The quantitative estimate of drug-likeness (QED) is 0.112. The zero-order valence-corrected chi connectivity index (χ0v) is 39.5. The Morgan fingerprint density at radius 1 is 0.631 bits per heavy atom. The summed E-state index contributed by atoms with van der Waals surface area (Å²) in [7, 11) is 0. The van der Waals surface area contributed by atoms with Gasteiger partial charge in [0.1, 0.15) is 67.1 Å². The highest BCUT2D eigenvalue weighted by molar-refractivity contribution is 5.35. The van der Waals surface area contributed by atoms with Gasteiger partial charge in [0.15, 0.2) is 18.9 Å². The average molecular weight is 929 g/mol. The predicted molar refractivity (Wildman–Crippen MR) is 230 cm³/mol. The maximum Gasteiger partial charge on any atom is 0.187 e. The summed E-state index contributed by atoms with van der Waals surface area (Å²) >= 11 is 0. The Morgan fingerprint density at radius 3 is 1.94 bits per heavy atom. The third kappa shape index (κ3) is 7.94. The van der Waals surface area contributed by atoms with Gasteiger partial charge in [0.05, 0.1) is 38.1 Å². The minimum atomic E-state index is -1.76. The smallest absolute Gasteiger partial charge is 0.187 e. The summed E-state index contributed by atoms with van der Waals surface area (Å²) in [6.07, 6.45) is -14.1. The van der Waals surface area contributed by atoms with Gasteiger partial charge in [-0.1, -0.05) is 60.1 Å². The van der Waals surface area contributed by atoms with Crippen molar-refractivity contribution in [2.75, 3.05) is 19.8 Å². The van der Waals surface area contributed by atoms with E-state index in [1.54, 1.807) is 0 Å². The first-order valence-electron chi connectivity index (χ1n) is 24.3. The lowest BCUT2D eigenvalue weighted by Crippen LogP contribution is -2.67. The third-order valence-electron chi connectivity index (χ3n) is 19.4. The predicted octanol–water partition coefficient (Wildman–Crippen LogP) is 0.612. The van der Waals surface area contributed by atoms with Crippen LogP contribution in [0.2, 0.25) is 0 Å². The first-order chi connectivity index (χ1) is 30.3. The highest BCUT2D eigenvalue weighted by atomic mass is 16.8. The molecule has 8 aliphatic rings. The molecule has 0 unspecified atom stereocenters. The molecule has 5 aliphatic carbocycles. The second-order valence-corrected chi connectivity index (χ2v) is 23.6. The van der Waals surface area contributed by atoms with Crippen LogP contribution in [-0.4, -0.2) is 180 Å². The van der Waals surface area contributed by atoms with Crippen molar-refractivity contribution in [3.05, 3.63) is 11.6 Å². The maximum absolute atomic E-state index is 12.1. The topological polar surface area (TPSA) is 278 Å². The van der Waals surface area contributed by atoms with Gasteiger partial charge >= 0.3 is 0 Å². The minimum Gasteiger partial charge on any atom is -0.396 e. The Hall–Kier alpha value is -0.940. The zero-order chi connectivity index (χ0) is 47.6. The van der Waals surface area contributed by atoms with E-state index >= 15 is 0 Å². The number of hydrogen-bond acceptors (Lipinski definition) is 17. The number of ether oxygens (including phenoxy) is 6. The molecule has 7 fully saturated rings. The molecular weight excluding hydrogens is 849 g/mol. The molecule has 17 heteroatoms. The molecule has 0 aromatic carbocycles. The summed E-state index contributed by atoms with van der Waals surface area (Å²) in [6, 6.07) is 0. The van der Waals surface area contributed by atoms with E-state index in [4.69, 9.17) is 28.4 Å². The summed E-state index contributed by atoms with van der Waals surface area (Å²) in [6.45, 7) is 16.5. The van der Waals surface area contributed by atoms with Crippen molar-refractivity contribution in [3.63, 3.8) is 0 Å². The Kier molecular flexibility index (Phi) is 13.8. The second-order valence-electron chi connectivity index (χ2n) is 23.6. The summed E-state index contributed by atoms with van der Waals surface area (Å²) in [5, 5.41) is 119. The highest BCUT2D eigenvalue weighted by Gasteiger charge is 2.70. The first-order valence-corrected chi connectivity index (χ1v) is 24.3. The Morgan fingerprint density at radius 2 is 1.26 bits per heavy atom. The van der Waals surface area contributed by atoms with Crippen LogP contribution in [-0.2, 0) is 28.4 Å². The number of aliphatic hydroxyl groups is 11. The van der Waals surface area contributed by atoms with E-state index in [0.717, 1.165) is 44.9 Å². The van der Waals surface area contributed by atoms with Gasteiger partial charge in [-0.05, 0) is 110 Å². The average Bonchev–Trinajstić information content (AvgIpc) is 3.24. The summed E-state index contributed by atoms with van der Waals surface area (Å²) in [4.78, 5) is 0. The highest BCUT2D eigenvalue weighted by Crippen LogP contribution is 2.76. The maximum atomic E-state index is 12.1. The fourth-order valence-electron chi connectivity index (χ4n) is 15.1. The minimum absolute atomic E-state index is 0.0134. The molecule has 0 radical (unpaired) electrons. The van der Waals surface area contributed by atoms with Crippen LogP contribution in [0.25, 0.3) is 0 Å². The van der Waals surface area contributed by atoms with E-state index in [1.165, 1.54) is 12.5 Å². The van der Waals surface area contributed by atoms with Gasteiger partial charge in [0.25, 0.3) is 0 Å². The SMILES string of the molecule is C[C@@H]1O[C@@H](O[C@H]2[C@H](O)[C@@H](O)[C@H](O[C@H]3CC[C@@]4(C)[C@H](CC[C@]5(C)[C@@H]4CC=C4[C@H]6CC(C)(C)CC[C@]6(CO)[C@@H](O)C[C@]45C)C3(C)C)O[C@@H]2CO[C@@H]2O[C@H](CO)[C@@H](O)[C@H](O)[C@H]2O)[C@H](O)[C@H](O)[C@H]1O. The molecule has 0 aromatic heterocycles. The molecule has 0 amide bonds. The Bertz CT molecular complexity index is 1730. The van der Waals surface area contributed by atoms with Gasteiger partial charge < -0.3 is 84.6 Å². The fourth-order valence-corrected chi connectivity index (χ4v) is 15.1. The lowest BCUT2D eigenvalue weighted by Gasteiger charge is -2.72. The normalized spacial score (nSPS) is 55.2. The van der Waals surface area contributed by atoms with Crippen LogP contribution in [0.3, 0.4) is 0 Å². The van der Waals surface area contributed by atoms with Crippen molar-refractivity contribution < 1.29 is 84.6 Å². The number of fused-ring (bicyclic) bond motifs is 7. The molecule has 374 valence electrons. The van der Waals surface area contributed by atoms with Crippen LogP contribution in [0, 0.1) is 50.2 Å². The largest absolute Gasteiger partial charge is 0.396 e. The van der Waals surface area contributed by atoms with Crippen LogP contribution < -0.4 is 0 Å². The van der Waals surface area contributed by atoms with Crippen LogP contribution in [0.1, 0.15) is 113 Å². The molecule has 17 nitrogen and oxygen atoms in total. The zero-order valence-electron chi connectivity index (χ0n) is 39.5. The molecular formula is C48H80O17. The van der Waals surface area contributed by atoms with Crippen LogP contribution >= 0.6 is 0 Å².